The van der Waals surface area contributed by atoms with Crippen molar-refractivity contribution >= 4 is 11.9 Å². The monoisotopic (exact) mass is 459 g/mol. The molecular weight excluding hydrogens is 435 g/mol. The minimum absolute atomic E-state index is 0.0275. The zero-order valence-corrected chi connectivity index (χ0v) is 17.5. The summed E-state index contributed by atoms with van der Waals surface area (Å²) in [6.07, 6.45) is -0.0819. The van der Waals surface area contributed by atoms with Crippen LogP contribution in [0.2, 0.25) is 0 Å². The van der Waals surface area contributed by atoms with E-state index in [1.165, 1.54) is 0 Å². The molecule has 0 radical (unpaired) electrons. The molecule has 1 fully saturated rings. The second kappa shape index (κ2) is 11.6. The molecule has 3 heterocycles. The molecule has 12 heteroatoms. The molecule has 0 aliphatic carbocycles. The number of aliphatic carboxylic acids is 1. The summed E-state index contributed by atoms with van der Waals surface area (Å²) in [7, 11) is 1.65. The lowest BCUT2D eigenvalue weighted by Crippen LogP contribution is -2.42. The molecule has 32 heavy (non-hydrogen) atoms. The number of carbonyl (C=O) groups is 2. The number of halogens is 3. The summed E-state index contributed by atoms with van der Waals surface area (Å²) in [5.41, 5.74) is 1.46. The van der Waals surface area contributed by atoms with E-state index in [2.05, 4.69) is 10.1 Å². The van der Waals surface area contributed by atoms with Crippen LogP contribution < -0.4 is 0 Å². The number of pyridine rings is 1. The lowest BCUT2D eigenvalue weighted by Gasteiger charge is -2.28. The van der Waals surface area contributed by atoms with Gasteiger partial charge in [0.15, 0.2) is 5.69 Å². The second-order valence-electron chi connectivity index (χ2n) is 6.94. The van der Waals surface area contributed by atoms with Gasteiger partial charge in [-0.05, 0) is 37.5 Å². The van der Waals surface area contributed by atoms with Gasteiger partial charge in [0.2, 0.25) is 0 Å². The van der Waals surface area contributed by atoms with E-state index in [-0.39, 0.29) is 18.1 Å². The molecule has 1 aliphatic heterocycles. The van der Waals surface area contributed by atoms with Crippen LogP contribution in [0.1, 0.15) is 28.2 Å². The van der Waals surface area contributed by atoms with Gasteiger partial charge in [0.05, 0.1) is 25.4 Å². The predicted octanol–water partition coefficient (Wildman–Crippen LogP) is 2.50. The third kappa shape index (κ3) is 7.31. The van der Waals surface area contributed by atoms with Gasteiger partial charge in [0.1, 0.15) is 5.76 Å². The summed E-state index contributed by atoms with van der Waals surface area (Å²) in [6.45, 7) is 3.46. The van der Waals surface area contributed by atoms with Gasteiger partial charge in [-0.15, -0.1) is 0 Å². The maximum Gasteiger partial charge on any atom is 0.490 e. The van der Waals surface area contributed by atoms with E-state index < -0.39 is 12.1 Å². The fraction of sp³-hybridized carbons (Fsp3) is 0.500. The number of aromatic nitrogens is 2. The number of alkyl halides is 3. The van der Waals surface area contributed by atoms with Crippen LogP contribution >= 0.6 is 0 Å². The highest BCUT2D eigenvalue weighted by Gasteiger charge is 2.39. The first-order chi connectivity index (χ1) is 15.1. The molecule has 0 saturated carbocycles. The summed E-state index contributed by atoms with van der Waals surface area (Å²) in [5, 5.41) is 11.0. The maximum absolute atomic E-state index is 12.8. The minimum atomic E-state index is -5.08. The topological polar surface area (TPSA) is 115 Å². The Bertz CT molecular complexity index is 875. The number of carboxylic acid groups (broad SMARTS) is 1. The van der Waals surface area contributed by atoms with E-state index in [0.717, 1.165) is 12.0 Å². The highest BCUT2D eigenvalue weighted by atomic mass is 19.4. The molecule has 0 aromatic carbocycles. The fourth-order valence-corrected chi connectivity index (χ4v) is 3.17. The quantitative estimate of drug-likeness (QED) is 0.628. The number of likely N-dealkylation sites (tertiary alicyclic amines) is 1. The molecule has 2 aromatic rings. The van der Waals surface area contributed by atoms with Crippen LogP contribution in [0.15, 0.2) is 35.1 Å². The maximum atomic E-state index is 12.8. The number of ether oxygens (including phenoxy) is 2. The van der Waals surface area contributed by atoms with Crippen molar-refractivity contribution in [2.24, 2.45) is 0 Å². The van der Waals surface area contributed by atoms with Gasteiger partial charge in [-0.2, -0.15) is 13.2 Å². The molecule has 0 unspecified atom stereocenters. The van der Waals surface area contributed by atoms with Crippen molar-refractivity contribution in [2.45, 2.75) is 38.1 Å². The minimum Gasteiger partial charge on any atom is -0.475 e. The van der Waals surface area contributed by atoms with E-state index in [4.69, 9.17) is 23.9 Å². The Hall–Kier alpha value is -2.99. The van der Waals surface area contributed by atoms with Crippen LogP contribution in [0.25, 0.3) is 0 Å². The van der Waals surface area contributed by atoms with Gasteiger partial charge in [-0.1, -0.05) is 5.16 Å². The van der Waals surface area contributed by atoms with Gasteiger partial charge >= 0.3 is 12.1 Å². The molecule has 0 spiro atoms. The van der Waals surface area contributed by atoms with Gasteiger partial charge in [0, 0.05) is 32.1 Å². The van der Waals surface area contributed by atoms with Crippen LogP contribution in [-0.2, 0) is 20.7 Å². The van der Waals surface area contributed by atoms with Gasteiger partial charge in [-0.3, -0.25) is 9.78 Å². The van der Waals surface area contributed by atoms with Crippen molar-refractivity contribution in [3.05, 3.63) is 47.6 Å². The zero-order chi connectivity index (χ0) is 23.7. The summed E-state index contributed by atoms with van der Waals surface area (Å²) < 4.78 is 47.8. The SMILES string of the molecule is COCCO[C@@H]1CCN(C(=O)c2cc(C)on2)[C@H]1Cc1ccncc1.O=C(O)C(F)(F)F. The van der Waals surface area contributed by atoms with Crippen molar-refractivity contribution in [1.29, 1.82) is 0 Å². The number of hydrogen-bond acceptors (Lipinski definition) is 7. The van der Waals surface area contributed by atoms with Crippen molar-refractivity contribution < 1.29 is 41.9 Å². The first-order valence-corrected chi connectivity index (χ1v) is 9.67. The standard InChI is InChI=1S/C18H23N3O4.C2HF3O2/c1-13-11-15(20-25-13)18(22)21-8-5-17(24-10-9-23-2)16(21)12-14-3-6-19-7-4-14;3-2(4,5)1(6)7/h3-4,6-7,11,16-17H,5,8-10,12H2,1-2H3;(H,6,7)/t16-,17+;/m0./s1. The molecule has 0 bridgehead atoms. The Labute approximate surface area is 182 Å². The van der Waals surface area contributed by atoms with Crippen molar-refractivity contribution in [2.75, 3.05) is 26.9 Å². The van der Waals surface area contributed by atoms with Crippen LogP contribution in [0.5, 0.6) is 0 Å². The first-order valence-electron chi connectivity index (χ1n) is 9.67. The summed E-state index contributed by atoms with van der Waals surface area (Å²) in [5.74, 6) is -2.25. The van der Waals surface area contributed by atoms with E-state index >= 15 is 0 Å². The number of methoxy groups -OCH3 is 1. The third-order valence-electron chi connectivity index (χ3n) is 4.65. The molecule has 9 nitrogen and oxygen atoms in total. The Morgan fingerprint density at radius 2 is 1.94 bits per heavy atom. The summed E-state index contributed by atoms with van der Waals surface area (Å²) in [6, 6.07) is 5.55. The van der Waals surface area contributed by atoms with Crippen molar-refractivity contribution in [3.63, 3.8) is 0 Å². The van der Waals surface area contributed by atoms with E-state index in [1.54, 1.807) is 32.5 Å². The first kappa shape index (κ1) is 25.3. The Morgan fingerprint density at radius 3 is 2.47 bits per heavy atom. The average molecular weight is 459 g/mol. The summed E-state index contributed by atoms with van der Waals surface area (Å²) >= 11 is 0. The molecule has 2 atom stereocenters. The van der Waals surface area contributed by atoms with Crippen molar-refractivity contribution in [1.82, 2.24) is 15.0 Å². The normalized spacial score (nSPS) is 18.2. The number of hydrogen-bond donors (Lipinski definition) is 1. The van der Waals surface area contributed by atoms with E-state index in [0.29, 0.717) is 37.6 Å². The molecule has 1 aliphatic rings. The van der Waals surface area contributed by atoms with Crippen LogP contribution in [0, 0.1) is 6.92 Å². The van der Waals surface area contributed by atoms with Gasteiger partial charge in [0.25, 0.3) is 5.91 Å². The van der Waals surface area contributed by atoms with Crippen LogP contribution in [0.3, 0.4) is 0 Å². The molecule has 1 saturated heterocycles. The van der Waals surface area contributed by atoms with E-state index in [1.807, 2.05) is 17.0 Å². The fourth-order valence-electron chi connectivity index (χ4n) is 3.17. The van der Waals surface area contributed by atoms with Crippen LogP contribution in [-0.4, -0.2) is 77.2 Å². The van der Waals surface area contributed by atoms with E-state index in [9.17, 15) is 18.0 Å². The smallest absolute Gasteiger partial charge is 0.475 e. The molecule has 1 N–H and O–H groups in total. The number of carbonyl (C=O) groups excluding carboxylic acids is 1. The van der Waals surface area contributed by atoms with Gasteiger partial charge in [-0.25, -0.2) is 4.79 Å². The van der Waals surface area contributed by atoms with Crippen LogP contribution in [0.4, 0.5) is 13.2 Å². The largest absolute Gasteiger partial charge is 0.490 e. The summed E-state index contributed by atoms with van der Waals surface area (Å²) in [4.78, 5) is 27.6. The Balaban J connectivity index is 0.000000451. The lowest BCUT2D eigenvalue weighted by atomic mass is 10.0. The number of amides is 1. The Morgan fingerprint density at radius 1 is 1.28 bits per heavy atom. The molecule has 1 amide bonds. The number of carboxylic acids is 1. The number of nitrogens with zero attached hydrogens (tertiary/aromatic N) is 3. The number of aryl methyl sites for hydroxylation is 1. The highest BCUT2D eigenvalue weighted by molar-refractivity contribution is 5.92. The average Bonchev–Trinajstić information content (AvgIpc) is 3.35. The highest BCUT2D eigenvalue weighted by Crippen LogP contribution is 2.26. The lowest BCUT2D eigenvalue weighted by molar-refractivity contribution is -0.192. The molecule has 176 valence electrons. The zero-order valence-electron chi connectivity index (χ0n) is 17.5. The molecular formula is C20H24F3N3O6. The second-order valence-corrected chi connectivity index (χ2v) is 6.94. The Kier molecular flexibility index (Phi) is 9.14. The molecule has 3 rings (SSSR count). The molecule has 2 aromatic heterocycles. The third-order valence-corrected chi connectivity index (χ3v) is 4.65. The predicted molar refractivity (Wildman–Crippen MR) is 104 cm³/mol. The van der Waals surface area contributed by atoms with Crippen molar-refractivity contribution in [3.8, 4) is 0 Å². The van der Waals surface area contributed by atoms with Gasteiger partial charge < -0.3 is 24.0 Å². The number of rotatable bonds is 7.